The number of anilines is 1. The van der Waals surface area contributed by atoms with Gasteiger partial charge in [0.15, 0.2) is 9.84 Å². The SMILES string of the molecule is CS(=O)(=O)c1ccc(NC2CCN(C3CCCC3)C2)c([N+](=O)[O-])c1. The minimum Gasteiger partial charge on any atom is -0.375 e. The maximum absolute atomic E-state index is 11.6. The summed E-state index contributed by atoms with van der Waals surface area (Å²) in [6.07, 6.45) is 7.07. The van der Waals surface area contributed by atoms with Gasteiger partial charge >= 0.3 is 0 Å². The van der Waals surface area contributed by atoms with E-state index < -0.39 is 14.8 Å². The van der Waals surface area contributed by atoms with Gasteiger partial charge in [0.05, 0.1) is 9.82 Å². The number of nitro groups is 1. The summed E-state index contributed by atoms with van der Waals surface area (Å²) in [6, 6.07) is 4.88. The topological polar surface area (TPSA) is 92.6 Å². The van der Waals surface area contributed by atoms with Crippen LogP contribution >= 0.6 is 0 Å². The normalized spacial score (nSPS) is 22.8. The van der Waals surface area contributed by atoms with Crippen LogP contribution in [0.3, 0.4) is 0 Å². The first-order valence-electron chi connectivity index (χ1n) is 8.33. The smallest absolute Gasteiger partial charge is 0.293 e. The Bertz CT molecular complexity index is 729. The summed E-state index contributed by atoms with van der Waals surface area (Å²) in [6.45, 7) is 1.90. The van der Waals surface area contributed by atoms with E-state index in [1.807, 2.05) is 0 Å². The third kappa shape index (κ3) is 3.70. The van der Waals surface area contributed by atoms with Crippen LogP contribution in [0.15, 0.2) is 23.1 Å². The van der Waals surface area contributed by atoms with E-state index in [1.165, 1.54) is 37.8 Å². The second kappa shape index (κ2) is 6.68. The van der Waals surface area contributed by atoms with Crippen LogP contribution in [0.2, 0.25) is 0 Å². The monoisotopic (exact) mass is 353 g/mol. The minimum absolute atomic E-state index is 0.0289. The highest BCUT2D eigenvalue weighted by molar-refractivity contribution is 7.90. The third-order valence-corrected chi connectivity index (χ3v) is 6.12. The molecule has 2 fully saturated rings. The number of sulfone groups is 1. The van der Waals surface area contributed by atoms with Gasteiger partial charge in [0.25, 0.3) is 5.69 Å². The molecule has 2 aliphatic rings. The number of nitro benzene ring substituents is 1. The molecule has 1 aromatic carbocycles. The van der Waals surface area contributed by atoms with Crippen molar-refractivity contribution in [3.63, 3.8) is 0 Å². The molecule has 0 bridgehead atoms. The van der Waals surface area contributed by atoms with Gasteiger partial charge in [-0.3, -0.25) is 15.0 Å². The van der Waals surface area contributed by atoms with Gasteiger partial charge in [0.2, 0.25) is 0 Å². The molecule has 24 heavy (non-hydrogen) atoms. The molecule has 132 valence electrons. The van der Waals surface area contributed by atoms with E-state index in [9.17, 15) is 18.5 Å². The van der Waals surface area contributed by atoms with Crippen LogP contribution in [0.1, 0.15) is 32.1 Å². The Morgan fingerprint density at radius 2 is 1.96 bits per heavy atom. The zero-order valence-electron chi connectivity index (χ0n) is 13.8. The number of nitrogens with zero attached hydrogens (tertiary/aromatic N) is 2. The Kier molecular flexibility index (Phi) is 4.78. The molecule has 8 heteroatoms. The van der Waals surface area contributed by atoms with Gasteiger partial charge in [-0.2, -0.15) is 0 Å². The van der Waals surface area contributed by atoms with Crippen molar-refractivity contribution in [2.75, 3.05) is 24.7 Å². The van der Waals surface area contributed by atoms with E-state index in [-0.39, 0.29) is 16.6 Å². The number of hydrogen-bond acceptors (Lipinski definition) is 6. The van der Waals surface area contributed by atoms with Crippen LogP contribution in [0.25, 0.3) is 0 Å². The Balaban J connectivity index is 1.74. The molecule has 1 aromatic rings. The summed E-state index contributed by atoms with van der Waals surface area (Å²) in [5.74, 6) is 0. The highest BCUT2D eigenvalue weighted by atomic mass is 32.2. The molecule has 1 saturated heterocycles. The molecule has 0 aromatic heterocycles. The Labute approximate surface area is 142 Å². The summed E-state index contributed by atoms with van der Waals surface area (Å²) in [4.78, 5) is 13.2. The van der Waals surface area contributed by atoms with E-state index in [0.717, 1.165) is 31.8 Å². The fourth-order valence-electron chi connectivity index (χ4n) is 3.74. The lowest BCUT2D eigenvalue weighted by molar-refractivity contribution is -0.384. The zero-order valence-corrected chi connectivity index (χ0v) is 14.6. The largest absolute Gasteiger partial charge is 0.375 e. The number of rotatable bonds is 5. The standard InChI is InChI=1S/C16H23N3O4S/c1-24(22,23)14-6-7-15(16(10-14)19(20)21)17-12-8-9-18(11-12)13-4-2-3-5-13/h6-7,10,12-13,17H,2-5,8-9,11H2,1H3. The van der Waals surface area contributed by atoms with Crippen molar-refractivity contribution in [2.45, 2.75) is 49.1 Å². The Hall–Kier alpha value is -1.67. The van der Waals surface area contributed by atoms with Crippen molar-refractivity contribution in [3.05, 3.63) is 28.3 Å². The molecule has 1 saturated carbocycles. The van der Waals surface area contributed by atoms with Crippen LogP contribution in [0.4, 0.5) is 11.4 Å². The van der Waals surface area contributed by atoms with E-state index >= 15 is 0 Å². The quantitative estimate of drug-likeness (QED) is 0.645. The number of benzene rings is 1. The van der Waals surface area contributed by atoms with Gasteiger partial charge in [-0.15, -0.1) is 0 Å². The Morgan fingerprint density at radius 1 is 1.25 bits per heavy atom. The second-order valence-corrected chi connectivity index (χ2v) is 8.79. The molecule has 3 rings (SSSR count). The summed E-state index contributed by atoms with van der Waals surface area (Å²) < 4.78 is 23.2. The van der Waals surface area contributed by atoms with E-state index in [1.54, 1.807) is 0 Å². The predicted octanol–water partition coefficient (Wildman–Crippen LogP) is 2.43. The molecule has 1 N–H and O–H groups in total. The first-order chi connectivity index (χ1) is 11.3. The molecule has 1 aliphatic carbocycles. The van der Waals surface area contributed by atoms with Crippen molar-refractivity contribution < 1.29 is 13.3 Å². The molecule has 0 radical (unpaired) electrons. The highest BCUT2D eigenvalue weighted by Gasteiger charge is 2.31. The van der Waals surface area contributed by atoms with Crippen LogP contribution in [-0.4, -0.2) is 49.7 Å². The molecule has 1 heterocycles. The molecular weight excluding hydrogens is 330 g/mol. The molecule has 0 spiro atoms. The predicted molar refractivity (Wildman–Crippen MR) is 92.1 cm³/mol. The Morgan fingerprint density at radius 3 is 2.58 bits per heavy atom. The fraction of sp³-hybridized carbons (Fsp3) is 0.625. The number of likely N-dealkylation sites (tertiary alicyclic amines) is 1. The van der Waals surface area contributed by atoms with Crippen molar-refractivity contribution in [1.29, 1.82) is 0 Å². The molecule has 1 atom stereocenters. The van der Waals surface area contributed by atoms with Crippen LogP contribution in [0.5, 0.6) is 0 Å². The summed E-state index contributed by atoms with van der Waals surface area (Å²) in [5, 5.41) is 14.6. The minimum atomic E-state index is -3.46. The molecule has 7 nitrogen and oxygen atoms in total. The maximum Gasteiger partial charge on any atom is 0.293 e. The molecule has 0 amide bonds. The maximum atomic E-state index is 11.6. The highest BCUT2D eigenvalue weighted by Crippen LogP contribution is 2.31. The lowest BCUT2D eigenvalue weighted by atomic mass is 10.2. The van der Waals surface area contributed by atoms with Gasteiger partial charge in [-0.05, 0) is 31.4 Å². The number of nitrogens with one attached hydrogen (secondary N) is 1. The van der Waals surface area contributed by atoms with Crippen molar-refractivity contribution in [2.24, 2.45) is 0 Å². The van der Waals surface area contributed by atoms with Gasteiger partial charge in [-0.1, -0.05) is 12.8 Å². The lowest BCUT2D eigenvalue weighted by Crippen LogP contribution is -2.33. The first kappa shape index (κ1) is 17.2. The molecular formula is C16H23N3O4S. The van der Waals surface area contributed by atoms with Crippen LogP contribution in [0, 0.1) is 10.1 Å². The van der Waals surface area contributed by atoms with E-state index in [2.05, 4.69) is 10.2 Å². The number of hydrogen-bond donors (Lipinski definition) is 1. The van der Waals surface area contributed by atoms with Crippen LogP contribution in [-0.2, 0) is 9.84 Å². The van der Waals surface area contributed by atoms with Gasteiger partial charge in [0, 0.05) is 37.5 Å². The van der Waals surface area contributed by atoms with E-state index in [4.69, 9.17) is 0 Å². The third-order valence-electron chi connectivity index (χ3n) is 5.01. The van der Waals surface area contributed by atoms with Gasteiger partial charge in [0.1, 0.15) is 5.69 Å². The molecule has 1 aliphatic heterocycles. The molecule has 1 unspecified atom stereocenters. The average molecular weight is 353 g/mol. The lowest BCUT2D eigenvalue weighted by Gasteiger charge is -2.23. The average Bonchev–Trinajstić information content (AvgIpc) is 3.16. The van der Waals surface area contributed by atoms with E-state index in [0.29, 0.717) is 11.7 Å². The fourth-order valence-corrected chi connectivity index (χ4v) is 4.38. The summed E-state index contributed by atoms with van der Waals surface area (Å²) >= 11 is 0. The first-order valence-corrected chi connectivity index (χ1v) is 10.2. The van der Waals surface area contributed by atoms with Gasteiger partial charge < -0.3 is 5.32 Å². The van der Waals surface area contributed by atoms with Crippen molar-refractivity contribution >= 4 is 21.2 Å². The summed E-state index contributed by atoms with van der Waals surface area (Å²) in [5.41, 5.74) is 0.211. The van der Waals surface area contributed by atoms with Crippen molar-refractivity contribution in [3.8, 4) is 0 Å². The van der Waals surface area contributed by atoms with Crippen molar-refractivity contribution in [1.82, 2.24) is 4.90 Å². The van der Waals surface area contributed by atoms with Gasteiger partial charge in [-0.25, -0.2) is 8.42 Å². The summed E-state index contributed by atoms with van der Waals surface area (Å²) in [7, 11) is -3.46. The second-order valence-electron chi connectivity index (χ2n) is 6.77. The van der Waals surface area contributed by atoms with Crippen LogP contribution < -0.4 is 5.32 Å². The zero-order chi connectivity index (χ0) is 17.3.